The van der Waals surface area contributed by atoms with E-state index in [-0.39, 0.29) is 18.4 Å². The van der Waals surface area contributed by atoms with Crippen molar-refractivity contribution < 1.29 is 32.5 Å². The molecule has 4 aliphatic rings. The highest BCUT2D eigenvalue weighted by Crippen LogP contribution is 2.48. The number of hydrogen-bond acceptors (Lipinski definition) is 4. The maximum atomic E-state index is 13.9. The van der Waals surface area contributed by atoms with Gasteiger partial charge in [-0.3, -0.25) is 9.69 Å². The first kappa shape index (κ1) is 21.8. The number of ether oxygens (including phenoxy) is 2. The number of piperidine rings is 1. The molecule has 4 atom stereocenters. The third-order valence-corrected chi connectivity index (χ3v) is 7.78. The molecule has 5 nitrogen and oxygen atoms in total. The standard InChI is InChI=1S/C26H26F3NO4/c27-26(28,29)22-5-3-20-19(21(22)12-30-10-14-7-15(14)11-30)4-6-23(20)34-17-1-2-18-16(8-25(31)32)13-33-24(18)9-17/h1-3,5,9,14-16,23H,4,6-8,10-13H2,(H,31,32)/t14?,15?,16?,23-/m1/s1. The van der Waals surface area contributed by atoms with Gasteiger partial charge in [-0.1, -0.05) is 12.1 Å². The van der Waals surface area contributed by atoms with Crippen molar-refractivity contribution in [3.05, 3.63) is 58.1 Å². The van der Waals surface area contributed by atoms with Crippen LogP contribution in [0.3, 0.4) is 0 Å². The van der Waals surface area contributed by atoms with Crippen molar-refractivity contribution in [3.63, 3.8) is 0 Å². The molecule has 2 fully saturated rings. The van der Waals surface area contributed by atoms with E-state index in [4.69, 9.17) is 14.6 Å². The van der Waals surface area contributed by atoms with Gasteiger partial charge in [0.15, 0.2) is 0 Å². The average molecular weight is 473 g/mol. The molecule has 8 heteroatoms. The molecular formula is C26H26F3NO4. The Balaban J connectivity index is 1.25. The molecule has 0 aromatic heterocycles. The molecule has 1 saturated carbocycles. The van der Waals surface area contributed by atoms with Crippen molar-refractivity contribution in [3.8, 4) is 11.5 Å². The van der Waals surface area contributed by atoms with Crippen LogP contribution in [-0.2, 0) is 23.9 Å². The van der Waals surface area contributed by atoms with Crippen LogP contribution >= 0.6 is 0 Å². The van der Waals surface area contributed by atoms with Gasteiger partial charge in [0.25, 0.3) is 0 Å². The second-order valence-corrected chi connectivity index (χ2v) is 10.1. The zero-order valence-electron chi connectivity index (χ0n) is 18.6. The quantitative estimate of drug-likeness (QED) is 0.627. The number of fused-ring (bicyclic) bond motifs is 3. The van der Waals surface area contributed by atoms with E-state index < -0.39 is 17.7 Å². The van der Waals surface area contributed by atoms with Gasteiger partial charge in [0.2, 0.25) is 0 Å². The number of aliphatic carboxylic acids is 1. The van der Waals surface area contributed by atoms with Crippen LogP contribution in [0.5, 0.6) is 11.5 Å². The molecule has 6 rings (SSSR count). The van der Waals surface area contributed by atoms with Gasteiger partial charge in [-0.05, 0) is 59.9 Å². The van der Waals surface area contributed by atoms with Gasteiger partial charge >= 0.3 is 12.1 Å². The molecule has 2 heterocycles. The Morgan fingerprint density at radius 3 is 2.65 bits per heavy atom. The molecule has 34 heavy (non-hydrogen) atoms. The van der Waals surface area contributed by atoms with Crippen LogP contribution in [-0.4, -0.2) is 35.7 Å². The first-order valence-electron chi connectivity index (χ1n) is 11.9. The van der Waals surface area contributed by atoms with E-state index in [0.717, 1.165) is 29.8 Å². The summed E-state index contributed by atoms with van der Waals surface area (Å²) in [5.74, 6) is 1.47. The van der Waals surface area contributed by atoms with E-state index in [1.54, 1.807) is 18.2 Å². The number of halogens is 3. The van der Waals surface area contributed by atoms with Crippen LogP contribution in [0.1, 0.15) is 59.1 Å². The normalized spacial score (nSPS) is 27.1. The number of carbonyl (C=O) groups is 1. The highest BCUT2D eigenvalue weighted by Gasteiger charge is 2.46. The number of alkyl halides is 3. The molecule has 2 aliphatic carbocycles. The summed E-state index contributed by atoms with van der Waals surface area (Å²) < 4.78 is 53.5. The topological polar surface area (TPSA) is 59.0 Å². The zero-order chi connectivity index (χ0) is 23.6. The van der Waals surface area contributed by atoms with E-state index in [1.807, 2.05) is 6.07 Å². The third kappa shape index (κ3) is 3.91. The summed E-state index contributed by atoms with van der Waals surface area (Å²) in [6.45, 7) is 2.45. The summed E-state index contributed by atoms with van der Waals surface area (Å²) in [6.07, 6.45) is -2.30. The third-order valence-electron chi connectivity index (χ3n) is 7.78. The van der Waals surface area contributed by atoms with Crippen molar-refractivity contribution in [2.75, 3.05) is 19.7 Å². The maximum absolute atomic E-state index is 13.9. The van der Waals surface area contributed by atoms with Crippen LogP contribution in [0.25, 0.3) is 0 Å². The van der Waals surface area contributed by atoms with E-state index in [0.29, 0.717) is 54.9 Å². The van der Waals surface area contributed by atoms with E-state index in [9.17, 15) is 18.0 Å². The Morgan fingerprint density at radius 1 is 1.15 bits per heavy atom. The highest BCUT2D eigenvalue weighted by atomic mass is 19.4. The zero-order valence-corrected chi connectivity index (χ0v) is 18.6. The van der Waals surface area contributed by atoms with Gasteiger partial charge in [-0.2, -0.15) is 13.2 Å². The predicted octanol–water partition coefficient (Wildman–Crippen LogP) is 5.17. The summed E-state index contributed by atoms with van der Waals surface area (Å²) in [6, 6.07) is 8.18. The molecule has 0 bridgehead atoms. The lowest BCUT2D eigenvalue weighted by Gasteiger charge is -2.24. The molecule has 180 valence electrons. The van der Waals surface area contributed by atoms with Gasteiger partial charge in [-0.25, -0.2) is 0 Å². The molecule has 0 spiro atoms. The lowest BCUT2D eigenvalue weighted by Crippen LogP contribution is -2.25. The Labute approximate surface area is 195 Å². The van der Waals surface area contributed by atoms with Crippen LogP contribution < -0.4 is 9.47 Å². The van der Waals surface area contributed by atoms with Crippen molar-refractivity contribution in [2.24, 2.45) is 11.8 Å². The summed E-state index contributed by atoms with van der Waals surface area (Å²) in [7, 11) is 0. The number of carboxylic acid groups (broad SMARTS) is 1. The fourth-order valence-corrected chi connectivity index (χ4v) is 6.03. The molecule has 0 amide bonds. The van der Waals surface area contributed by atoms with Crippen LogP contribution in [0.2, 0.25) is 0 Å². The van der Waals surface area contributed by atoms with Crippen LogP contribution in [0.15, 0.2) is 30.3 Å². The van der Waals surface area contributed by atoms with Gasteiger partial charge in [0.05, 0.1) is 18.6 Å². The van der Waals surface area contributed by atoms with Crippen molar-refractivity contribution in [1.82, 2.24) is 4.90 Å². The average Bonchev–Trinajstić information content (AvgIpc) is 3.10. The lowest BCUT2D eigenvalue weighted by molar-refractivity contribution is -0.139. The highest BCUT2D eigenvalue weighted by molar-refractivity contribution is 5.68. The van der Waals surface area contributed by atoms with Gasteiger partial charge in [-0.15, -0.1) is 0 Å². The molecule has 2 aliphatic heterocycles. The molecule has 3 unspecified atom stereocenters. The second kappa shape index (κ2) is 7.90. The SMILES string of the molecule is O=C(O)CC1COc2cc(O[C@@H]3CCc4c3ccc(C(F)(F)F)c4CN3CC4CC4C3)ccc21. The van der Waals surface area contributed by atoms with Crippen molar-refractivity contribution in [1.29, 1.82) is 0 Å². The Kier molecular flexibility index (Phi) is 5.06. The first-order valence-corrected chi connectivity index (χ1v) is 11.9. The molecule has 2 aromatic carbocycles. The molecular weight excluding hydrogens is 447 g/mol. The summed E-state index contributed by atoms with van der Waals surface area (Å²) in [5.41, 5.74) is 2.34. The molecule has 1 N–H and O–H groups in total. The Morgan fingerprint density at radius 2 is 1.91 bits per heavy atom. The van der Waals surface area contributed by atoms with Gasteiger partial charge < -0.3 is 14.6 Å². The second-order valence-electron chi connectivity index (χ2n) is 10.1. The number of nitrogens with zero attached hydrogens (tertiary/aromatic N) is 1. The number of hydrogen-bond donors (Lipinski definition) is 1. The van der Waals surface area contributed by atoms with Gasteiger partial charge in [0, 0.05) is 37.2 Å². The minimum Gasteiger partial charge on any atom is -0.492 e. The minimum absolute atomic E-state index is 0.00598. The van der Waals surface area contributed by atoms with Gasteiger partial charge in [0.1, 0.15) is 17.6 Å². The number of carboxylic acids is 1. The minimum atomic E-state index is -4.38. The van der Waals surface area contributed by atoms with E-state index in [1.165, 1.54) is 12.5 Å². The lowest BCUT2D eigenvalue weighted by atomic mass is 9.96. The first-order chi connectivity index (χ1) is 16.3. The van der Waals surface area contributed by atoms with E-state index in [2.05, 4.69) is 4.90 Å². The number of benzene rings is 2. The van der Waals surface area contributed by atoms with Crippen molar-refractivity contribution in [2.45, 2.75) is 50.4 Å². The molecule has 2 aromatic rings. The number of likely N-dealkylation sites (tertiary alicyclic amines) is 1. The fourth-order valence-electron chi connectivity index (χ4n) is 6.03. The monoisotopic (exact) mass is 473 g/mol. The number of rotatable bonds is 6. The fraction of sp³-hybridized carbons (Fsp3) is 0.500. The summed E-state index contributed by atoms with van der Waals surface area (Å²) >= 11 is 0. The van der Waals surface area contributed by atoms with Crippen LogP contribution in [0.4, 0.5) is 13.2 Å². The smallest absolute Gasteiger partial charge is 0.416 e. The van der Waals surface area contributed by atoms with Crippen LogP contribution in [0, 0.1) is 11.8 Å². The largest absolute Gasteiger partial charge is 0.492 e. The Hall–Kier alpha value is -2.74. The van der Waals surface area contributed by atoms with E-state index >= 15 is 0 Å². The molecule has 1 saturated heterocycles. The maximum Gasteiger partial charge on any atom is 0.416 e. The molecule has 0 radical (unpaired) electrons. The summed E-state index contributed by atoms with van der Waals surface area (Å²) in [4.78, 5) is 13.2. The Bertz CT molecular complexity index is 1140. The van der Waals surface area contributed by atoms with Crippen molar-refractivity contribution >= 4 is 5.97 Å². The summed E-state index contributed by atoms with van der Waals surface area (Å²) in [5, 5.41) is 9.08. The predicted molar refractivity (Wildman–Crippen MR) is 117 cm³/mol.